The zero-order chi connectivity index (χ0) is 15.6. The molecular weight excluding hydrogens is 378 g/mol. The summed E-state index contributed by atoms with van der Waals surface area (Å²) in [6, 6.07) is 10.6. The van der Waals surface area contributed by atoms with E-state index in [-0.39, 0.29) is 15.5 Å². The number of nitrogen functional groups attached to an aromatic ring is 1. The molecule has 0 saturated carbocycles. The lowest BCUT2D eigenvalue weighted by Crippen LogP contribution is -2.14. The van der Waals surface area contributed by atoms with Gasteiger partial charge >= 0.3 is 0 Å². The minimum atomic E-state index is -3.92. The lowest BCUT2D eigenvalue weighted by molar-refractivity contribution is 0.601. The minimum absolute atomic E-state index is 0.0352. The maximum Gasteiger partial charge on any atom is 0.263 e. The third-order valence-corrected chi connectivity index (χ3v) is 5.09. The van der Waals surface area contributed by atoms with Crippen LogP contribution >= 0.6 is 27.5 Å². The molecule has 2 aromatic carbocycles. The fourth-order valence-electron chi connectivity index (χ4n) is 1.59. The molecule has 21 heavy (non-hydrogen) atoms. The molecular formula is C13H9BrClN3O2S. The Morgan fingerprint density at radius 3 is 2.57 bits per heavy atom. The van der Waals surface area contributed by atoms with Crippen LogP contribution in [-0.4, -0.2) is 8.42 Å². The zero-order valence-corrected chi connectivity index (χ0v) is 13.6. The molecule has 0 aliphatic rings. The highest BCUT2D eigenvalue weighted by molar-refractivity contribution is 9.10. The van der Waals surface area contributed by atoms with Gasteiger partial charge in [-0.15, -0.1) is 0 Å². The predicted molar refractivity (Wildman–Crippen MR) is 85.5 cm³/mol. The van der Waals surface area contributed by atoms with Gasteiger partial charge in [0.05, 0.1) is 22.3 Å². The van der Waals surface area contributed by atoms with Gasteiger partial charge in [0.25, 0.3) is 10.0 Å². The monoisotopic (exact) mass is 385 g/mol. The smallest absolute Gasteiger partial charge is 0.263 e. The Labute approximate surface area is 135 Å². The molecule has 0 unspecified atom stereocenters. The van der Waals surface area contributed by atoms with E-state index in [0.29, 0.717) is 15.8 Å². The van der Waals surface area contributed by atoms with E-state index >= 15 is 0 Å². The van der Waals surface area contributed by atoms with Gasteiger partial charge in [0.15, 0.2) is 0 Å². The lowest BCUT2D eigenvalue weighted by Gasteiger charge is -2.11. The van der Waals surface area contributed by atoms with Gasteiger partial charge in [-0.3, -0.25) is 4.72 Å². The standard InChI is InChI=1S/C13H9BrClN3O2S/c14-10-6-9(17)2-4-12(10)18-21(19,20)13-5-8(7-16)1-3-11(13)15/h1-6,18H,17H2. The number of benzene rings is 2. The van der Waals surface area contributed by atoms with Gasteiger partial charge in [0, 0.05) is 10.2 Å². The first-order valence-corrected chi connectivity index (χ1v) is 8.26. The van der Waals surface area contributed by atoms with Crippen molar-refractivity contribution >= 4 is 48.9 Å². The third kappa shape index (κ3) is 3.47. The molecule has 0 atom stereocenters. The van der Waals surface area contributed by atoms with Gasteiger partial charge in [-0.2, -0.15) is 5.26 Å². The van der Waals surface area contributed by atoms with E-state index in [4.69, 9.17) is 22.6 Å². The maximum atomic E-state index is 12.4. The Morgan fingerprint density at radius 1 is 1.24 bits per heavy atom. The average Bonchev–Trinajstić information content (AvgIpc) is 2.42. The number of nitrogens with zero attached hydrogens (tertiary/aromatic N) is 1. The Hall–Kier alpha value is -1.75. The lowest BCUT2D eigenvalue weighted by atomic mass is 10.2. The number of nitrogens with two attached hydrogens (primary N) is 1. The summed E-state index contributed by atoms with van der Waals surface area (Å²) in [4.78, 5) is -0.160. The average molecular weight is 387 g/mol. The number of hydrogen-bond donors (Lipinski definition) is 2. The van der Waals surface area contributed by atoms with Crippen LogP contribution in [0.15, 0.2) is 45.8 Å². The Kier molecular flexibility index (Phi) is 4.42. The predicted octanol–water partition coefficient (Wildman–Crippen LogP) is 3.36. The molecule has 0 heterocycles. The number of nitrogens with one attached hydrogen (secondary N) is 1. The van der Waals surface area contributed by atoms with E-state index in [2.05, 4.69) is 20.7 Å². The Morgan fingerprint density at radius 2 is 1.95 bits per heavy atom. The van der Waals surface area contributed by atoms with Gasteiger partial charge in [-0.25, -0.2) is 8.42 Å². The van der Waals surface area contributed by atoms with E-state index in [1.165, 1.54) is 24.3 Å². The van der Waals surface area contributed by atoms with E-state index in [0.717, 1.165) is 0 Å². The van der Waals surface area contributed by atoms with Crippen molar-refractivity contribution < 1.29 is 8.42 Å². The topological polar surface area (TPSA) is 96.0 Å². The van der Waals surface area contributed by atoms with E-state index < -0.39 is 10.0 Å². The second-order valence-electron chi connectivity index (χ2n) is 4.10. The van der Waals surface area contributed by atoms with Gasteiger partial charge in [-0.05, 0) is 52.3 Å². The SMILES string of the molecule is N#Cc1ccc(Cl)c(S(=O)(=O)Nc2ccc(N)cc2Br)c1. The number of hydrogen-bond acceptors (Lipinski definition) is 4. The van der Waals surface area contributed by atoms with Gasteiger partial charge < -0.3 is 5.73 Å². The molecule has 0 saturated heterocycles. The minimum Gasteiger partial charge on any atom is -0.399 e. The highest BCUT2D eigenvalue weighted by Gasteiger charge is 2.19. The van der Waals surface area contributed by atoms with Crippen LogP contribution in [0, 0.1) is 11.3 Å². The molecule has 0 aliphatic heterocycles. The summed E-state index contributed by atoms with van der Waals surface area (Å²) in [6.07, 6.45) is 0. The van der Waals surface area contributed by atoms with Crippen LogP contribution in [0.25, 0.3) is 0 Å². The van der Waals surface area contributed by atoms with Crippen LogP contribution in [0.5, 0.6) is 0 Å². The number of halogens is 2. The number of anilines is 2. The molecule has 5 nitrogen and oxygen atoms in total. The van der Waals surface area contributed by atoms with Crippen molar-refractivity contribution in [1.29, 1.82) is 5.26 Å². The summed E-state index contributed by atoms with van der Waals surface area (Å²) < 4.78 is 27.6. The second-order valence-corrected chi connectivity index (χ2v) is 7.01. The quantitative estimate of drug-likeness (QED) is 0.791. The van der Waals surface area contributed by atoms with Crippen molar-refractivity contribution in [2.24, 2.45) is 0 Å². The van der Waals surface area contributed by atoms with Crippen LogP contribution < -0.4 is 10.5 Å². The third-order valence-electron chi connectivity index (χ3n) is 2.59. The molecule has 3 N–H and O–H groups in total. The normalized spacial score (nSPS) is 10.9. The summed E-state index contributed by atoms with van der Waals surface area (Å²) in [5.74, 6) is 0. The Balaban J connectivity index is 2.46. The molecule has 0 fully saturated rings. The molecule has 2 aromatic rings. The van der Waals surface area contributed by atoms with Gasteiger partial charge in [0.2, 0.25) is 0 Å². The molecule has 0 bridgehead atoms. The van der Waals surface area contributed by atoms with Crippen molar-refractivity contribution in [2.45, 2.75) is 4.90 Å². The van der Waals surface area contributed by atoms with Crippen LogP contribution in [-0.2, 0) is 10.0 Å². The van der Waals surface area contributed by atoms with Crippen molar-refractivity contribution in [1.82, 2.24) is 0 Å². The van der Waals surface area contributed by atoms with Crippen molar-refractivity contribution in [3.63, 3.8) is 0 Å². The second kappa shape index (κ2) is 5.93. The highest BCUT2D eigenvalue weighted by atomic mass is 79.9. The van der Waals surface area contributed by atoms with E-state index in [1.54, 1.807) is 12.1 Å². The van der Waals surface area contributed by atoms with E-state index in [1.807, 2.05) is 6.07 Å². The molecule has 0 radical (unpaired) electrons. The Bertz CT molecular complexity index is 847. The van der Waals surface area contributed by atoms with Crippen molar-refractivity contribution in [3.8, 4) is 6.07 Å². The summed E-state index contributed by atoms with van der Waals surface area (Å²) in [7, 11) is -3.92. The summed E-state index contributed by atoms with van der Waals surface area (Å²) in [5, 5.41) is 8.89. The van der Waals surface area contributed by atoms with Crippen molar-refractivity contribution in [3.05, 3.63) is 51.5 Å². The van der Waals surface area contributed by atoms with Crippen molar-refractivity contribution in [2.75, 3.05) is 10.5 Å². The number of nitriles is 1. The molecule has 0 spiro atoms. The summed E-state index contributed by atoms with van der Waals surface area (Å²) in [6.45, 7) is 0. The first-order chi connectivity index (χ1) is 9.83. The van der Waals surface area contributed by atoms with Crippen LogP contribution in [0.4, 0.5) is 11.4 Å². The van der Waals surface area contributed by atoms with Gasteiger partial charge in [-0.1, -0.05) is 11.6 Å². The molecule has 108 valence electrons. The fraction of sp³-hybridized carbons (Fsp3) is 0. The first kappa shape index (κ1) is 15.6. The largest absolute Gasteiger partial charge is 0.399 e. The molecule has 0 aliphatic carbocycles. The van der Waals surface area contributed by atoms with Crippen LogP contribution in [0.1, 0.15) is 5.56 Å². The fourth-order valence-corrected chi connectivity index (χ4v) is 3.83. The van der Waals surface area contributed by atoms with Crippen LogP contribution in [0.2, 0.25) is 5.02 Å². The summed E-state index contributed by atoms with van der Waals surface area (Å²) in [5.41, 5.74) is 6.62. The van der Waals surface area contributed by atoms with Gasteiger partial charge in [0.1, 0.15) is 4.90 Å². The molecule has 8 heteroatoms. The number of rotatable bonds is 3. The highest BCUT2D eigenvalue weighted by Crippen LogP contribution is 2.29. The molecule has 0 aromatic heterocycles. The zero-order valence-electron chi connectivity index (χ0n) is 10.5. The maximum absolute atomic E-state index is 12.4. The molecule has 2 rings (SSSR count). The summed E-state index contributed by atoms with van der Waals surface area (Å²) >= 11 is 9.14. The van der Waals surface area contributed by atoms with Crippen LogP contribution in [0.3, 0.4) is 0 Å². The van der Waals surface area contributed by atoms with E-state index in [9.17, 15) is 8.42 Å². The first-order valence-electron chi connectivity index (χ1n) is 5.61. The number of sulfonamides is 1. The molecule has 0 amide bonds.